The predicted octanol–water partition coefficient (Wildman–Crippen LogP) is -0.447. The summed E-state index contributed by atoms with van der Waals surface area (Å²) in [5, 5.41) is 12.2. The van der Waals surface area contributed by atoms with Gasteiger partial charge in [0.05, 0.1) is 19.1 Å². The quantitative estimate of drug-likeness (QED) is 0.561. The van der Waals surface area contributed by atoms with Crippen LogP contribution in [-0.4, -0.2) is 37.4 Å². The lowest BCUT2D eigenvalue weighted by atomic mass is 9.77. The fourth-order valence-corrected chi connectivity index (χ4v) is 2.19. The molecule has 2 fully saturated rings. The van der Waals surface area contributed by atoms with Gasteiger partial charge in [-0.1, -0.05) is 0 Å². The predicted molar refractivity (Wildman–Crippen MR) is 41.8 cm³/mol. The zero-order valence-electron chi connectivity index (χ0n) is 6.82. The van der Waals surface area contributed by atoms with Crippen LogP contribution in [0, 0.1) is 17.8 Å². The molecular weight excluding hydrogens is 158 g/mol. The summed E-state index contributed by atoms with van der Waals surface area (Å²) >= 11 is 0. The first kappa shape index (κ1) is 8.01. The molecule has 2 heterocycles. The van der Waals surface area contributed by atoms with E-state index in [1.165, 1.54) is 0 Å². The standard InChI is InChI=1S/C8H13NO3/c10-8(11)7-5-1-9-2-6(7)4-12-3-5/h5-7,9H,1-4H2,(H,10,11)/t5-,6-/m0/s1. The Morgan fingerprint density at radius 1 is 1.33 bits per heavy atom. The lowest BCUT2D eigenvalue weighted by Gasteiger charge is -2.40. The van der Waals surface area contributed by atoms with Crippen LogP contribution in [0.15, 0.2) is 0 Å². The Bertz CT molecular complexity index is 173. The number of nitrogens with one attached hydrogen (secondary N) is 1. The summed E-state index contributed by atoms with van der Waals surface area (Å²) in [6.07, 6.45) is 0. The first-order valence-electron chi connectivity index (χ1n) is 4.30. The van der Waals surface area contributed by atoms with Crippen LogP contribution in [0.25, 0.3) is 0 Å². The number of fused-ring (bicyclic) bond motifs is 2. The van der Waals surface area contributed by atoms with Gasteiger partial charge in [-0.25, -0.2) is 0 Å². The molecule has 2 aliphatic heterocycles. The van der Waals surface area contributed by atoms with E-state index in [1.807, 2.05) is 0 Å². The number of rotatable bonds is 1. The average molecular weight is 171 g/mol. The number of hydrogen-bond donors (Lipinski definition) is 2. The van der Waals surface area contributed by atoms with Gasteiger partial charge in [0, 0.05) is 24.9 Å². The van der Waals surface area contributed by atoms with Gasteiger partial charge in [-0.2, -0.15) is 0 Å². The minimum atomic E-state index is -0.658. The molecule has 4 nitrogen and oxygen atoms in total. The van der Waals surface area contributed by atoms with E-state index in [-0.39, 0.29) is 17.8 Å². The summed E-state index contributed by atoms with van der Waals surface area (Å²) < 4.78 is 5.31. The number of carboxylic acid groups (broad SMARTS) is 1. The first-order valence-corrected chi connectivity index (χ1v) is 4.30. The molecule has 2 N–H and O–H groups in total. The molecule has 0 aromatic rings. The second-order valence-corrected chi connectivity index (χ2v) is 3.58. The summed E-state index contributed by atoms with van der Waals surface area (Å²) in [5.74, 6) is -0.486. The Morgan fingerprint density at radius 3 is 2.33 bits per heavy atom. The van der Waals surface area contributed by atoms with E-state index in [9.17, 15) is 4.79 Å². The Labute approximate surface area is 70.9 Å². The molecule has 0 spiro atoms. The van der Waals surface area contributed by atoms with Gasteiger partial charge in [0.1, 0.15) is 0 Å². The van der Waals surface area contributed by atoms with Crippen molar-refractivity contribution in [1.29, 1.82) is 0 Å². The number of carboxylic acids is 1. The molecular formula is C8H13NO3. The van der Waals surface area contributed by atoms with Gasteiger partial charge < -0.3 is 15.2 Å². The van der Waals surface area contributed by atoms with Gasteiger partial charge in [-0.15, -0.1) is 0 Å². The van der Waals surface area contributed by atoms with Crippen molar-refractivity contribution in [1.82, 2.24) is 5.32 Å². The molecule has 2 rings (SSSR count). The minimum Gasteiger partial charge on any atom is -0.481 e. The lowest BCUT2D eigenvalue weighted by Crippen LogP contribution is -2.53. The van der Waals surface area contributed by atoms with Crippen LogP contribution in [0.4, 0.5) is 0 Å². The number of hydrogen-bond acceptors (Lipinski definition) is 3. The molecule has 0 aromatic carbocycles. The van der Waals surface area contributed by atoms with Crippen LogP contribution in [-0.2, 0) is 9.53 Å². The molecule has 0 radical (unpaired) electrons. The number of aliphatic carboxylic acids is 1. The fraction of sp³-hybridized carbons (Fsp3) is 0.875. The third-order valence-corrected chi connectivity index (χ3v) is 2.78. The third-order valence-electron chi connectivity index (χ3n) is 2.78. The highest BCUT2D eigenvalue weighted by atomic mass is 16.5. The molecule has 68 valence electrons. The third kappa shape index (κ3) is 1.21. The van der Waals surface area contributed by atoms with E-state index in [2.05, 4.69) is 5.32 Å². The molecule has 12 heavy (non-hydrogen) atoms. The largest absolute Gasteiger partial charge is 0.481 e. The van der Waals surface area contributed by atoms with E-state index in [1.54, 1.807) is 0 Å². The molecule has 0 aliphatic carbocycles. The van der Waals surface area contributed by atoms with E-state index < -0.39 is 5.97 Å². The SMILES string of the molecule is O=C(O)C1[C@H]2CNC[C@H]1COC2. The maximum Gasteiger partial charge on any atom is 0.307 e. The Morgan fingerprint density at radius 2 is 1.92 bits per heavy atom. The number of carbonyl (C=O) groups is 1. The van der Waals surface area contributed by atoms with Crippen LogP contribution >= 0.6 is 0 Å². The van der Waals surface area contributed by atoms with Gasteiger partial charge in [0.25, 0.3) is 0 Å². The van der Waals surface area contributed by atoms with Crippen molar-refractivity contribution in [3.63, 3.8) is 0 Å². The molecule has 0 amide bonds. The minimum absolute atomic E-state index is 0.176. The van der Waals surface area contributed by atoms with Gasteiger partial charge >= 0.3 is 5.97 Å². The maximum atomic E-state index is 10.9. The fourth-order valence-electron chi connectivity index (χ4n) is 2.19. The monoisotopic (exact) mass is 171 g/mol. The van der Waals surface area contributed by atoms with E-state index >= 15 is 0 Å². The summed E-state index contributed by atoms with van der Waals surface area (Å²) in [5.41, 5.74) is 0. The topological polar surface area (TPSA) is 58.6 Å². The molecule has 0 unspecified atom stereocenters. The Hall–Kier alpha value is -0.610. The van der Waals surface area contributed by atoms with Crippen LogP contribution in [0.2, 0.25) is 0 Å². The lowest BCUT2D eigenvalue weighted by molar-refractivity contribution is -0.155. The molecule has 2 bridgehead atoms. The number of ether oxygens (including phenoxy) is 1. The van der Waals surface area contributed by atoms with Gasteiger partial charge in [0.2, 0.25) is 0 Å². The van der Waals surface area contributed by atoms with Crippen molar-refractivity contribution in [3.8, 4) is 0 Å². The Balaban J connectivity index is 2.13. The van der Waals surface area contributed by atoms with Gasteiger partial charge in [-0.3, -0.25) is 4.79 Å². The normalized spacial score (nSPS) is 40.8. The average Bonchev–Trinajstić information content (AvgIpc) is 2.02. The highest BCUT2D eigenvalue weighted by Crippen LogP contribution is 2.29. The van der Waals surface area contributed by atoms with Crippen molar-refractivity contribution >= 4 is 5.97 Å². The van der Waals surface area contributed by atoms with E-state index in [4.69, 9.17) is 9.84 Å². The van der Waals surface area contributed by atoms with Crippen molar-refractivity contribution < 1.29 is 14.6 Å². The van der Waals surface area contributed by atoms with Crippen molar-refractivity contribution in [2.75, 3.05) is 26.3 Å². The summed E-state index contributed by atoms with van der Waals surface area (Å²) in [4.78, 5) is 10.9. The molecule has 2 atom stereocenters. The highest BCUT2D eigenvalue weighted by Gasteiger charge is 2.41. The zero-order valence-corrected chi connectivity index (χ0v) is 6.82. The summed E-state index contributed by atoms with van der Waals surface area (Å²) in [7, 11) is 0. The van der Waals surface area contributed by atoms with E-state index in [0.717, 1.165) is 13.1 Å². The summed E-state index contributed by atoms with van der Waals surface area (Å²) in [6, 6.07) is 0. The van der Waals surface area contributed by atoms with Crippen LogP contribution in [0.3, 0.4) is 0 Å². The van der Waals surface area contributed by atoms with Crippen molar-refractivity contribution in [2.24, 2.45) is 17.8 Å². The molecule has 4 heteroatoms. The first-order chi connectivity index (χ1) is 5.79. The van der Waals surface area contributed by atoms with Crippen LogP contribution in [0.5, 0.6) is 0 Å². The second kappa shape index (κ2) is 3.03. The van der Waals surface area contributed by atoms with Crippen LogP contribution in [0.1, 0.15) is 0 Å². The van der Waals surface area contributed by atoms with Crippen molar-refractivity contribution in [3.05, 3.63) is 0 Å². The highest BCUT2D eigenvalue weighted by molar-refractivity contribution is 5.71. The molecule has 0 aromatic heterocycles. The molecule has 2 saturated heterocycles. The molecule has 0 saturated carbocycles. The smallest absolute Gasteiger partial charge is 0.307 e. The van der Waals surface area contributed by atoms with Gasteiger partial charge in [0.15, 0.2) is 0 Å². The molecule has 2 aliphatic rings. The number of piperidine rings is 1. The van der Waals surface area contributed by atoms with Crippen molar-refractivity contribution in [2.45, 2.75) is 0 Å². The maximum absolute atomic E-state index is 10.9. The van der Waals surface area contributed by atoms with Gasteiger partial charge in [-0.05, 0) is 0 Å². The van der Waals surface area contributed by atoms with E-state index in [0.29, 0.717) is 13.2 Å². The second-order valence-electron chi connectivity index (χ2n) is 3.58. The summed E-state index contributed by atoms with van der Waals surface area (Å²) in [6.45, 7) is 2.77. The van der Waals surface area contributed by atoms with Crippen LogP contribution < -0.4 is 5.32 Å². The zero-order chi connectivity index (χ0) is 8.55. The Kier molecular flexibility index (Phi) is 2.02.